The van der Waals surface area contributed by atoms with Crippen molar-refractivity contribution >= 4 is 21.9 Å². The molecule has 2 aromatic carbocycles. The van der Waals surface area contributed by atoms with Crippen LogP contribution in [0.3, 0.4) is 0 Å². The molecule has 3 aromatic rings. The number of carbonyl (C=O) groups excluding carboxylic acids is 1. The molecule has 0 aliphatic heterocycles. The van der Waals surface area contributed by atoms with Gasteiger partial charge < -0.3 is 16.8 Å². The molecular weight excluding hydrogens is 454 g/mol. The summed E-state index contributed by atoms with van der Waals surface area (Å²) in [5.41, 5.74) is 15.5. The first-order valence-electron chi connectivity index (χ1n) is 10.7. The highest BCUT2D eigenvalue weighted by Gasteiger charge is 2.22. The number of aryl methyl sites for hydroxylation is 2. The van der Waals surface area contributed by atoms with E-state index in [4.69, 9.17) is 16.9 Å². The number of guanidine groups is 1. The lowest BCUT2D eigenvalue weighted by Gasteiger charge is -2.13. The van der Waals surface area contributed by atoms with Crippen molar-refractivity contribution in [1.82, 2.24) is 19.8 Å². The van der Waals surface area contributed by atoms with Gasteiger partial charge >= 0.3 is 0 Å². The van der Waals surface area contributed by atoms with Gasteiger partial charge in [0.15, 0.2) is 5.96 Å². The van der Waals surface area contributed by atoms with E-state index in [0.717, 1.165) is 22.5 Å². The van der Waals surface area contributed by atoms with Gasteiger partial charge in [0.2, 0.25) is 0 Å². The fourth-order valence-electron chi connectivity index (χ4n) is 3.34. The van der Waals surface area contributed by atoms with Crippen molar-refractivity contribution in [3.05, 3.63) is 65.9 Å². The van der Waals surface area contributed by atoms with E-state index in [-0.39, 0.29) is 17.3 Å². The Morgan fingerprint density at radius 1 is 1.12 bits per heavy atom. The average molecular weight is 484 g/mol. The molecule has 1 atom stereocenters. The standard InChI is InChI=1S/C23H29N7O3S/c1-15-5-7-17(8-6-15)21-14-16(2)28-30(21)18-9-11-19(12-10-18)34(32,33)29-22(31)20(24)4-3-13-27-23(25)26/h5-12,14,20H,3-4,13,24H2,1-2H3,(H,29,31)(H4,25,26,27)/t20-/m0/s1. The molecular formula is C23H29N7O3S. The Morgan fingerprint density at radius 2 is 1.76 bits per heavy atom. The molecule has 3 rings (SSSR count). The monoisotopic (exact) mass is 483 g/mol. The highest BCUT2D eigenvalue weighted by molar-refractivity contribution is 7.90. The summed E-state index contributed by atoms with van der Waals surface area (Å²) in [5, 5.41) is 14.2. The molecule has 0 fully saturated rings. The van der Waals surface area contributed by atoms with E-state index < -0.39 is 22.0 Å². The van der Waals surface area contributed by atoms with Gasteiger partial charge in [-0.2, -0.15) is 5.10 Å². The first-order valence-corrected chi connectivity index (χ1v) is 12.2. The van der Waals surface area contributed by atoms with Crippen molar-refractivity contribution in [2.75, 3.05) is 6.54 Å². The Morgan fingerprint density at radius 3 is 2.38 bits per heavy atom. The maximum absolute atomic E-state index is 12.7. The number of sulfonamides is 1. The van der Waals surface area contributed by atoms with Crippen molar-refractivity contribution in [3.8, 4) is 16.9 Å². The molecule has 7 N–H and O–H groups in total. The number of rotatable bonds is 9. The third-order valence-corrected chi connectivity index (χ3v) is 6.51. The van der Waals surface area contributed by atoms with Crippen LogP contribution in [-0.4, -0.2) is 42.7 Å². The molecule has 0 saturated heterocycles. The van der Waals surface area contributed by atoms with Gasteiger partial charge in [0.25, 0.3) is 15.9 Å². The zero-order valence-corrected chi connectivity index (χ0v) is 19.9. The van der Waals surface area contributed by atoms with Crippen LogP contribution in [0.2, 0.25) is 0 Å². The van der Waals surface area contributed by atoms with Gasteiger partial charge in [-0.25, -0.2) is 17.8 Å². The molecule has 1 heterocycles. The van der Waals surface area contributed by atoms with Crippen molar-refractivity contribution < 1.29 is 13.2 Å². The molecule has 34 heavy (non-hydrogen) atoms. The predicted molar refractivity (Wildman–Crippen MR) is 131 cm³/mol. The first kappa shape index (κ1) is 24.9. The highest BCUT2D eigenvalue weighted by Crippen LogP contribution is 2.25. The Balaban J connectivity index is 1.72. The molecule has 0 saturated carbocycles. The topological polar surface area (TPSA) is 169 Å². The zero-order chi connectivity index (χ0) is 24.9. The number of carbonyl (C=O) groups is 1. The number of nitrogens with one attached hydrogen (secondary N) is 3. The molecule has 10 nitrogen and oxygen atoms in total. The summed E-state index contributed by atoms with van der Waals surface area (Å²) < 4.78 is 29.1. The van der Waals surface area contributed by atoms with E-state index in [1.54, 1.807) is 16.8 Å². The predicted octanol–water partition coefficient (Wildman–Crippen LogP) is 1.55. The number of hydrogen-bond acceptors (Lipinski definition) is 6. The van der Waals surface area contributed by atoms with Gasteiger partial charge in [-0.15, -0.1) is 0 Å². The minimum atomic E-state index is -4.09. The molecule has 0 radical (unpaired) electrons. The second-order valence-corrected chi connectivity index (χ2v) is 9.68. The largest absolute Gasteiger partial charge is 0.370 e. The highest BCUT2D eigenvalue weighted by atomic mass is 32.2. The van der Waals surface area contributed by atoms with E-state index >= 15 is 0 Å². The van der Waals surface area contributed by atoms with Crippen LogP contribution < -0.4 is 21.5 Å². The third kappa shape index (κ3) is 6.21. The first-order chi connectivity index (χ1) is 16.1. The van der Waals surface area contributed by atoms with Gasteiger partial charge in [-0.05, 0) is 57.0 Å². The molecule has 1 aromatic heterocycles. The van der Waals surface area contributed by atoms with Gasteiger partial charge in [0.05, 0.1) is 28.0 Å². The van der Waals surface area contributed by atoms with Crippen LogP contribution >= 0.6 is 0 Å². The van der Waals surface area contributed by atoms with E-state index in [2.05, 4.69) is 10.4 Å². The zero-order valence-electron chi connectivity index (χ0n) is 19.1. The van der Waals surface area contributed by atoms with Crippen LogP contribution in [0, 0.1) is 19.3 Å². The number of nitrogens with two attached hydrogens (primary N) is 2. The number of aromatic nitrogens is 2. The summed E-state index contributed by atoms with van der Waals surface area (Å²) in [6, 6.07) is 15.1. The number of amides is 1. The van der Waals surface area contributed by atoms with Crippen LogP contribution in [0.15, 0.2) is 59.5 Å². The summed E-state index contributed by atoms with van der Waals surface area (Å²) >= 11 is 0. The Hall–Kier alpha value is -3.70. The van der Waals surface area contributed by atoms with E-state index in [1.165, 1.54) is 12.1 Å². The molecule has 0 unspecified atom stereocenters. The number of hydrogen-bond donors (Lipinski definition) is 5. The molecule has 0 spiro atoms. The minimum Gasteiger partial charge on any atom is -0.370 e. The molecule has 11 heteroatoms. The molecule has 0 aliphatic carbocycles. The van der Waals surface area contributed by atoms with Crippen LogP contribution in [0.1, 0.15) is 24.1 Å². The number of nitrogens with zero attached hydrogens (tertiary/aromatic N) is 2. The summed E-state index contributed by atoms with van der Waals surface area (Å²) in [6.07, 6.45) is 0.691. The SMILES string of the molecule is Cc1ccc(-c2cc(C)nn2-c2ccc(S(=O)(=O)NC(=O)[C@@H](N)CCCNC(=N)N)cc2)cc1. The molecule has 0 aliphatic rings. The lowest BCUT2D eigenvalue weighted by molar-refractivity contribution is -0.120. The Bertz CT molecular complexity index is 1270. The van der Waals surface area contributed by atoms with Gasteiger partial charge in [-0.1, -0.05) is 29.8 Å². The summed E-state index contributed by atoms with van der Waals surface area (Å²) in [7, 11) is -4.09. The fourth-order valence-corrected chi connectivity index (χ4v) is 4.36. The number of benzene rings is 2. The van der Waals surface area contributed by atoms with Crippen LogP contribution in [-0.2, 0) is 14.8 Å². The van der Waals surface area contributed by atoms with E-state index in [9.17, 15) is 13.2 Å². The second-order valence-electron chi connectivity index (χ2n) is 8.00. The van der Waals surface area contributed by atoms with Gasteiger partial charge in [-0.3, -0.25) is 10.2 Å². The minimum absolute atomic E-state index is 0.0594. The van der Waals surface area contributed by atoms with E-state index in [1.807, 2.05) is 48.9 Å². The average Bonchev–Trinajstić information content (AvgIpc) is 3.18. The second kappa shape index (κ2) is 10.5. The third-order valence-electron chi connectivity index (χ3n) is 5.15. The van der Waals surface area contributed by atoms with Crippen LogP contribution in [0.5, 0.6) is 0 Å². The smallest absolute Gasteiger partial charge is 0.264 e. The van der Waals surface area contributed by atoms with Gasteiger partial charge in [0.1, 0.15) is 0 Å². The maximum Gasteiger partial charge on any atom is 0.264 e. The summed E-state index contributed by atoms with van der Waals surface area (Å²) in [6.45, 7) is 4.27. The normalized spacial score (nSPS) is 12.2. The van der Waals surface area contributed by atoms with Gasteiger partial charge in [0, 0.05) is 12.1 Å². The Kier molecular flexibility index (Phi) is 7.69. The lowest BCUT2D eigenvalue weighted by Crippen LogP contribution is -2.43. The lowest BCUT2D eigenvalue weighted by atomic mass is 10.1. The summed E-state index contributed by atoms with van der Waals surface area (Å²) in [4.78, 5) is 12.2. The Labute approximate surface area is 198 Å². The van der Waals surface area contributed by atoms with Crippen LogP contribution in [0.4, 0.5) is 0 Å². The quantitative estimate of drug-likeness (QED) is 0.175. The van der Waals surface area contributed by atoms with Crippen molar-refractivity contribution in [2.24, 2.45) is 11.5 Å². The summed E-state index contributed by atoms with van der Waals surface area (Å²) in [5.74, 6) is -0.975. The maximum atomic E-state index is 12.7. The molecule has 0 bridgehead atoms. The van der Waals surface area contributed by atoms with Crippen molar-refractivity contribution in [3.63, 3.8) is 0 Å². The fraction of sp³-hybridized carbons (Fsp3) is 0.261. The van der Waals surface area contributed by atoms with Crippen molar-refractivity contribution in [1.29, 1.82) is 5.41 Å². The molecule has 180 valence electrons. The van der Waals surface area contributed by atoms with E-state index in [0.29, 0.717) is 18.7 Å². The van der Waals surface area contributed by atoms with Crippen molar-refractivity contribution in [2.45, 2.75) is 37.6 Å². The van der Waals surface area contributed by atoms with Crippen LogP contribution in [0.25, 0.3) is 16.9 Å². The molecule has 1 amide bonds.